The van der Waals surface area contributed by atoms with Gasteiger partial charge < -0.3 is 38.3 Å². The van der Waals surface area contributed by atoms with E-state index in [9.17, 15) is 9.90 Å². The minimum absolute atomic E-state index is 0. The highest BCUT2D eigenvalue weighted by molar-refractivity contribution is 5.82. The normalized spacial score (nSPS) is 9.86. The number of quaternary nitrogens is 2. The first kappa shape index (κ1) is 41.7. The van der Waals surface area contributed by atoms with Gasteiger partial charge in [-0.3, -0.25) is 0 Å². The molecule has 0 aliphatic heterocycles. The van der Waals surface area contributed by atoms with Crippen molar-refractivity contribution in [2.75, 3.05) is 13.1 Å². The van der Waals surface area contributed by atoms with E-state index in [1.807, 2.05) is 0 Å². The van der Waals surface area contributed by atoms with Crippen molar-refractivity contribution in [1.29, 1.82) is 0 Å². The van der Waals surface area contributed by atoms with Gasteiger partial charge in [-0.2, -0.15) is 0 Å². The van der Waals surface area contributed by atoms with Crippen molar-refractivity contribution in [1.82, 2.24) is 0 Å². The van der Waals surface area contributed by atoms with Crippen molar-refractivity contribution in [2.45, 2.75) is 162 Å². The van der Waals surface area contributed by atoms with Crippen molar-refractivity contribution >= 4 is 5.97 Å². The predicted octanol–water partition coefficient (Wildman–Crippen LogP) is 3.40. The number of hydrogen-bond donors (Lipinski definition) is 2. The minimum Gasteiger partial charge on any atom is -1.00 e. The summed E-state index contributed by atoms with van der Waals surface area (Å²) in [5, 5.41) is 9.49. The zero-order valence-electron chi connectivity index (χ0n) is 24.3. The van der Waals surface area contributed by atoms with Crippen LogP contribution in [0.25, 0.3) is 0 Å². The van der Waals surface area contributed by atoms with Gasteiger partial charge in [0, 0.05) is 0 Å². The molecule has 0 heterocycles. The van der Waals surface area contributed by atoms with Crippen LogP contribution in [-0.4, -0.2) is 19.1 Å². The molecule has 0 aromatic rings. The first-order valence-electron chi connectivity index (χ1n) is 14.9. The Morgan fingerprint density at radius 3 is 0.857 bits per heavy atom. The second-order valence-corrected chi connectivity index (χ2v) is 9.85. The molecule has 0 saturated heterocycles. The van der Waals surface area contributed by atoms with E-state index in [0.29, 0.717) is 0 Å². The third kappa shape index (κ3) is 51.2. The van der Waals surface area contributed by atoms with Crippen molar-refractivity contribution in [2.24, 2.45) is 0 Å². The van der Waals surface area contributed by atoms with Crippen molar-refractivity contribution < 1.29 is 38.3 Å². The molecule has 0 radical (unpaired) electrons. The average molecular weight is 566 g/mol. The topological polar surface area (TPSA) is 95.4 Å². The lowest BCUT2D eigenvalue weighted by atomic mass is 10.1. The zero-order valence-corrected chi connectivity index (χ0v) is 25.9. The molecule has 0 amide bonds. The number of rotatable bonds is 23. The fraction of sp³-hybridized carbons (Fsp3) is 0.900. The fourth-order valence-corrected chi connectivity index (χ4v) is 3.68. The first-order chi connectivity index (χ1) is 16.5. The standard InChI is InChI=1S/2C13H29N.C4H6O2.BrH/c2*1-2-3-4-5-6-7-8-9-10-11-12-13-14;1-3(2)4(5)6;/h2*2-14H2,1H3;1H2,2H3,(H,5,6);1H. The Kier molecular flexibility index (Phi) is 48.6. The van der Waals surface area contributed by atoms with Crippen molar-refractivity contribution in [3.63, 3.8) is 0 Å². The first-order valence-corrected chi connectivity index (χ1v) is 14.9. The summed E-state index contributed by atoms with van der Waals surface area (Å²) in [6.45, 7) is 11.3. The van der Waals surface area contributed by atoms with Crippen molar-refractivity contribution in [3.05, 3.63) is 12.2 Å². The molecule has 0 aromatic carbocycles. The number of carboxylic acids is 1. The number of carboxylic acid groups (broad SMARTS) is 1. The van der Waals surface area contributed by atoms with Gasteiger partial charge in [-0.15, -0.1) is 0 Å². The summed E-state index contributed by atoms with van der Waals surface area (Å²) >= 11 is 0. The summed E-state index contributed by atoms with van der Waals surface area (Å²) < 4.78 is 0. The molecular weight excluding hydrogens is 500 g/mol. The van der Waals surface area contributed by atoms with Gasteiger partial charge in [0.25, 0.3) is 0 Å². The lowest BCUT2D eigenvalue weighted by molar-refractivity contribution is -0.368. The van der Waals surface area contributed by atoms with Crippen LogP contribution in [0.2, 0.25) is 0 Å². The SMILES string of the molecule is C=C(C)C(=O)[O-].CCCCCCCCCCCCC[NH3+].CCCCCCCCCCCCC[NH3+].[Br-]. The minimum atomic E-state index is -1.19. The summed E-state index contributed by atoms with van der Waals surface area (Å²) in [5.74, 6) is -1.19. The van der Waals surface area contributed by atoms with E-state index in [0.717, 1.165) is 13.1 Å². The quantitative estimate of drug-likeness (QED) is 0.147. The van der Waals surface area contributed by atoms with E-state index < -0.39 is 5.97 Å². The second kappa shape index (κ2) is 40.8. The van der Waals surface area contributed by atoms with Gasteiger partial charge in [0.15, 0.2) is 0 Å². The van der Waals surface area contributed by atoms with Crippen LogP contribution in [0.1, 0.15) is 162 Å². The van der Waals surface area contributed by atoms with Crippen LogP contribution < -0.4 is 33.6 Å². The Labute approximate surface area is 231 Å². The van der Waals surface area contributed by atoms with Gasteiger partial charge in [-0.1, -0.05) is 136 Å². The van der Waals surface area contributed by atoms with E-state index in [2.05, 4.69) is 31.9 Å². The molecule has 0 spiro atoms. The predicted molar refractivity (Wildman–Crippen MR) is 148 cm³/mol. The molecule has 0 saturated carbocycles. The zero-order chi connectivity index (χ0) is 26.1. The van der Waals surface area contributed by atoms with E-state index >= 15 is 0 Å². The highest BCUT2D eigenvalue weighted by Crippen LogP contribution is 2.11. The molecule has 6 N–H and O–H groups in total. The largest absolute Gasteiger partial charge is 1.00 e. The van der Waals surface area contributed by atoms with Gasteiger partial charge in [0.2, 0.25) is 0 Å². The number of aliphatic carboxylic acids is 1. The fourth-order valence-electron chi connectivity index (χ4n) is 3.68. The van der Waals surface area contributed by atoms with Crippen LogP contribution in [-0.2, 0) is 4.79 Å². The molecule has 0 bridgehead atoms. The maximum Gasteiger partial charge on any atom is 0.0739 e. The molecular formula is C30H65BrN2O2. The molecule has 35 heavy (non-hydrogen) atoms. The number of carbonyl (C=O) groups is 1. The van der Waals surface area contributed by atoms with E-state index in [-0.39, 0.29) is 22.6 Å². The van der Waals surface area contributed by atoms with Crippen LogP contribution in [0.5, 0.6) is 0 Å². The Hall–Kier alpha value is -0.390. The third-order valence-electron chi connectivity index (χ3n) is 6.06. The smallest absolute Gasteiger partial charge is 0.0739 e. The molecule has 214 valence electrons. The Morgan fingerprint density at radius 2 is 0.714 bits per heavy atom. The Balaban J connectivity index is -0.000000219. The van der Waals surface area contributed by atoms with Gasteiger partial charge in [-0.05, 0) is 38.2 Å². The van der Waals surface area contributed by atoms with Crippen LogP contribution in [0.15, 0.2) is 12.2 Å². The monoisotopic (exact) mass is 564 g/mol. The Bertz CT molecular complexity index is 333. The summed E-state index contributed by atoms with van der Waals surface area (Å²) in [5.41, 5.74) is 7.79. The molecule has 0 atom stereocenters. The highest BCUT2D eigenvalue weighted by atomic mass is 79.9. The summed E-state index contributed by atoms with van der Waals surface area (Å²) in [7, 11) is 0. The van der Waals surface area contributed by atoms with E-state index in [1.165, 1.54) is 148 Å². The molecule has 0 fully saturated rings. The number of halogens is 1. The van der Waals surface area contributed by atoms with Crippen molar-refractivity contribution in [3.8, 4) is 0 Å². The second-order valence-electron chi connectivity index (χ2n) is 9.85. The van der Waals surface area contributed by atoms with Gasteiger partial charge in [0.05, 0.1) is 19.1 Å². The van der Waals surface area contributed by atoms with E-state index in [1.54, 1.807) is 0 Å². The maximum absolute atomic E-state index is 9.49. The molecule has 0 rings (SSSR count). The highest BCUT2D eigenvalue weighted by Gasteiger charge is 1.93. The lowest BCUT2D eigenvalue weighted by Crippen LogP contribution is -3.00. The van der Waals surface area contributed by atoms with E-state index in [4.69, 9.17) is 0 Å². The molecule has 0 unspecified atom stereocenters. The number of unbranched alkanes of at least 4 members (excludes halogenated alkanes) is 20. The summed E-state index contributed by atoms with van der Waals surface area (Å²) in [6.07, 6.45) is 31.5. The molecule has 0 aliphatic carbocycles. The summed E-state index contributed by atoms with van der Waals surface area (Å²) in [4.78, 5) is 9.49. The van der Waals surface area contributed by atoms with Gasteiger partial charge >= 0.3 is 0 Å². The van der Waals surface area contributed by atoms with Crippen LogP contribution >= 0.6 is 0 Å². The van der Waals surface area contributed by atoms with Crippen LogP contribution in [0, 0.1) is 0 Å². The molecule has 0 aromatic heterocycles. The van der Waals surface area contributed by atoms with Crippen LogP contribution in [0.3, 0.4) is 0 Å². The molecule has 0 aliphatic rings. The Morgan fingerprint density at radius 1 is 0.543 bits per heavy atom. The summed E-state index contributed by atoms with van der Waals surface area (Å²) in [6, 6.07) is 0. The average Bonchev–Trinajstić information content (AvgIpc) is 2.82. The molecule has 5 heteroatoms. The number of hydrogen-bond acceptors (Lipinski definition) is 2. The maximum atomic E-state index is 9.49. The number of carbonyl (C=O) groups excluding carboxylic acids is 1. The van der Waals surface area contributed by atoms with Crippen LogP contribution in [0.4, 0.5) is 0 Å². The lowest BCUT2D eigenvalue weighted by Gasteiger charge is -2.01. The molecule has 4 nitrogen and oxygen atoms in total. The third-order valence-corrected chi connectivity index (χ3v) is 6.06. The van der Waals surface area contributed by atoms with Gasteiger partial charge in [0.1, 0.15) is 0 Å². The van der Waals surface area contributed by atoms with Gasteiger partial charge in [-0.25, -0.2) is 0 Å².